The molecule has 0 unspecified atom stereocenters. The van der Waals surface area contributed by atoms with Gasteiger partial charge in [-0.15, -0.1) is 0 Å². The first-order chi connectivity index (χ1) is 11.9. The number of hydrogen-bond donors (Lipinski definition) is 2. The van der Waals surface area contributed by atoms with Crippen LogP contribution in [0.15, 0.2) is 36.4 Å². The van der Waals surface area contributed by atoms with E-state index in [0.29, 0.717) is 13.0 Å². The molecule has 0 aliphatic heterocycles. The average Bonchev–Trinajstić information content (AvgIpc) is 2.57. The second-order valence-corrected chi connectivity index (χ2v) is 7.81. The summed E-state index contributed by atoms with van der Waals surface area (Å²) < 4.78 is 13.0. The number of methoxy groups -OCH3 is 1. The van der Waals surface area contributed by atoms with Gasteiger partial charge in [0, 0.05) is 6.42 Å². The maximum absolute atomic E-state index is 10.9. The lowest BCUT2D eigenvalue weighted by Crippen LogP contribution is -2.32. The summed E-state index contributed by atoms with van der Waals surface area (Å²) in [5, 5.41) is 8.93. The number of aliphatic carboxylic acids is 1. The maximum atomic E-state index is 10.9. The Hall–Kier alpha value is -1.07. The molecule has 0 radical (unpaired) electrons. The minimum Gasteiger partial charge on any atom is -0.497 e. The summed E-state index contributed by atoms with van der Waals surface area (Å²) in [5.74, 6) is 0.663. The summed E-state index contributed by atoms with van der Waals surface area (Å²) in [5.41, 5.74) is 7.68. The van der Waals surface area contributed by atoms with Crippen LogP contribution in [-0.2, 0) is 17.6 Å². The Morgan fingerprint density at radius 1 is 1.16 bits per heavy atom. The van der Waals surface area contributed by atoms with Crippen LogP contribution in [0.3, 0.4) is 0 Å². The summed E-state index contributed by atoms with van der Waals surface area (Å²) >= 11 is 4.41. The van der Waals surface area contributed by atoms with Crippen LogP contribution >= 0.6 is 45.2 Å². The first-order valence-electron chi connectivity index (χ1n) is 7.62. The minimum absolute atomic E-state index is 0.299. The van der Waals surface area contributed by atoms with Crippen LogP contribution < -0.4 is 15.2 Å². The van der Waals surface area contributed by atoms with Gasteiger partial charge < -0.3 is 20.3 Å². The van der Waals surface area contributed by atoms with Gasteiger partial charge in [0.1, 0.15) is 17.5 Å². The summed E-state index contributed by atoms with van der Waals surface area (Å²) in [7, 11) is 1.65. The average molecular weight is 567 g/mol. The van der Waals surface area contributed by atoms with Gasteiger partial charge in [-0.05, 0) is 87.0 Å². The van der Waals surface area contributed by atoms with Crippen molar-refractivity contribution >= 4 is 51.2 Å². The van der Waals surface area contributed by atoms with E-state index < -0.39 is 12.0 Å². The van der Waals surface area contributed by atoms with Gasteiger partial charge >= 0.3 is 5.97 Å². The Kier molecular flexibility index (Phi) is 7.76. The molecule has 0 bridgehead atoms. The first-order valence-corrected chi connectivity index (χ1v) is 9.78. The van der Waals surface area contributed by atoms with Crippen LogP contribution in [0.5, 0.6) is 11.5 Å². The number of nitrogens with two attached hydrogens (primary N) is 1. The van der Waals surface area contributed by atoms with Crippen LogP contribution in [0.2, 0.25) is 0 Å². The third-order valence-corrected chi connectivity index (χ3v) is 5.23. The SMILES string of the molecule is COc1ccc(CCOc2c(I)cc(C[C@@H](N)C(=O)O)cc2I)cc1. The van der Waals surface area contributed by atoms with Gasteiger partial charge in [-0.1, -0.05) is 12.1 Å². The van der Waals surface area contributed by atoms with Crippen molar-refractivity contribution in [3.05, 3.63) is 54.7 Å². The number of benzene rings is 2. The molecular formula is C18H19I2NO4. The highest BCUT2D eigenvalue weighted by Crippen LogP contribution is 2.29. The topological polar surface area (TPSA) is 81.8 Å². The van der Waals surface area contributed by atoms with Crippen LogP contribution in [0.25, 0.3) is 0 Å². The van der Waals surface area contributed by atoms with Gasteiger partial charge in [0.05, 0.1) is 20.9 Å². The van der Waals surface area contributed by atoms with Crippen molar-refractivity contribution in [1.29, 1.82) is 0 Å². The predicted octanol–water partition coefficient (Wildman–Crippen LogP) is 3.48. The number of hydrogen-bond acceptors (Lipinski definition) is 4. The zero-order valence-electron chi connectivity index (χ0n) is 13.7. The van der Waals surface area contributed by atoms with Crippen molar-refractivity contribution in [2.24, 2.45) is 5.73 Å². The van der Waals surface area contributed by atoms with Gasteiger partial charge in [-0.2, -0.15) is 0 Å². The molecule has 0 aliphatic rings. The van der Waals surface area contributed by atoms with Gasteiger partial charge in [-0.3, -0.25) is 4.79 Å². The summed E-state index contributed by atoms with van der Waals surface area (Å²) in [6.45, 7) is 0.562. The van der Waals surface area contributed by atoms with Crippen molar-refractivity contribution in [3.8, 4) is 11.5 Å². The lowest BCUT2D eigenvalue weighted by atomic mass is 10.1. The maximum Gasteiger partial charge on any atom is 0.320 e. The molecule has 2 aromatic carbocycles. The molecule has 25 heavy (non-hydrogen) atoms. The third kappa shape index (κ3) is 6.00. The normalized spacial score (nSPS) is 11.8. The van der Waals surface area contributed by atoms with E-state index in [0.717, 1.165) is 30.6 Å². The first kappa shape index (κ1) is 20.2. The molecule has 1 atom stereocenters. The molecule has 0 aliphatic carbocycles. The van der Waals surface area contributed by atoms with E-state index in [1.165, 1.54) is 5.56 Å². The smallest absolute Gasteiger partial charge is 0.320 e. The molecule has 0 amide bonds. The third-order valence-electron chi connectivity index (χ3n) is 3.63. The molecule has 0 spiro atoms. The van der Waals surface area contributed by atoms with E-state index in [2.05, 4.69) is 45.2 Å². The number of halogens is 2. The van der Waals surface area contributed by atoms with Crippen LogP contribution in [0.1, 0.15) is 11.1 Å². The molecular weight excluding hydrogens is 548 g/mol. The minimum atomic E-state index is -0.996. The van der Waals surface area contributed by atoms with Gasteiger partial charge in [0.2, 0.25) is 0 Å². The zero-order valence-corrected chi connectivity index (χ0v) is 18.0. The van der Waals surface area contributed by atoms with Crippen molar-refractivity contribution in [2.75, 3.05) is 13.7 Å². The van der Waals surface area contributed by atoms with E-state index in [9.17, 15) is 4.79 Å². The molecule has 5 nitrogen and oxygen atoms in total. The molecule has 0 fully saturated rings. The standard InChI is InChI=1S/C18H19I2NO4/c1-24-13-4-2-11(3-5-13)6-7-25-17-14(19)8-12(9-15(17)20)10-16(21)18(22)23/h2-5,8-9,16H,6-7,10,21H2,1H3,(H,22,23)/t16-/m1/s1. The number of carboxylic acid groups (broad SMARTS) is 1. The lowest BCUT2D eigenvalue weighted by molar-refractivity contribution is -0.138. The molecule has 0 aromatic heterocycles. The second kappa shape index (κ2) is 9.58. The second-order valence-electron chi connectivity index (χ2n) is 5.48. The van der Waals surface area contributed by atoms with Gasteiger partial charge in [0.15, 0.2) is 0 Å². The Morgan fingerprint density at radius 3 is 2.28 bits per heavy atom. The Labute approximate surface area is 174 Å². The van der Waals surface area contributed by atoms with E-state index in [4.69, 9.17) is 20.3 Å². The molecule has 0 heterocycles. The molecule has 2 aromatic rings. The lowest BCUT2D eigenvalue weighted by Gasteiger charge is -2.14. The Bertz CT molecular complexity index is 711. The highest BCUT2D eigenvalue weighted by atomic mass is 127. The summed E-state index contributed by atoms with van der Waals surface area (Å²) in [4.78, 5) is 10.9. The molecule has 3 N–H and O–H groups in total. The number of carbonyl (C=O) groups is 1. The fourth-order valence-corrected chi connectivity index (χ4v) is 4.48. The molecule has 7 heteroatoms. The summed E-state index contributed by atoms with van der Waals surface area (Å²) in [6.07, 6.45) is 1.09. The molecule has 0 saturated carbocycles. The fourth-order valence-electron chi connectivity index (χ4n) is 2.27. The monoisotopic (exact) mass is 567 g/mol. The molecule has 2 rings (SSSR count). The zero-order chi connectivity index (χ0) is 18.4. The van der Waals surface area contributed by atoms with Crippen molar-refractivity contribution in [1.82, 2.24) is 0 Å². The molecule has 134 valence electrons. The quantitative estimate of drug-likeness (QED) is 0.478. The van der Waals surface area contributed by atoms with Crippen molar-refractivity contribution < 1.29 is 19.4 Å². The van der Waals surface area contributed by atoms with Crippen molar-refractivity contribution in [3.63, 3.8) is 0 Å². The number of carboxylic acids is 1. The van der Waals surface area contributed by atoms with E-state index in [1.807, 2.05) is 36.4 Å². The van der Waals surface area contributed by atoms with E-state index in [-0.39, 0.29) is 0 Å². The fraction of sp³-hybridized carbons (Fsp3) is 0.278. The highest BCUT2D eigenvalue weighted by Gasteiger charge is 2.15. The Balaban J connectivity index is 1.98. The van der Waals surface area contributed by atoms with Crippen LogP contribution in [-0.4, -0.2) is 30.8 Å². The van der Waals surface area contributed by atoms with Crippen LogP contribution in [0.4, 0.5) is 0 Å². The number of rotatable bonds is 8. The highest BCUT2D eigenvalue weighted by molar-refractivity contribution is 14.1. The van der Waals surface area contributed by atoms with E-state index in [1.54, 1.807) is 7.11 Å². The Morgan fingerprint density at radius 2 is 1.76 bits per heavy atom. The largest absolute Gasteiger partial charge is 0.497 e. The number of ether oxygens (including phenoxy) is 2. The van der Waals surface area contributed by atoms with Crippen LogP contribution in [0, 0.1) is 7.14 Å². The molecule has 0 saturated heterocycles. The van der Waals surface area contributed by atoms with Gasteiger partial charge in [0.25, 0.3) is 0 Å². The predicted molar refractivity (Wildman–Crippen MR) is 113 cm³/mol. The van der Waals surface area contributed by atoms with Crippen molar-refractivity contribution in [2.45, 2.75) is 18.9 Å². The van der Waals surface area contributed by atoms with Gasteiger partial charge in [-0.25, -0.2) is 0 Å². The van der Waals surface area contributed by atoms with E-state index >= 15 is 0 Å². The summed E-state index contributed by atoms with van der Waals surface area (Å²) in [6, 6.07) is 10.9.